The minimum absolute atomic E-state index is 0.240. The zero-order valence-corrected chi connectivity index (χ0v) is 24.6. The van der Waals surface area contributed by atoms with Crippen molar-refractivity contribution in [1.29, 1.82) is 0 Å². The molecule has 6 rings (SSSR count). The van der Waals surface area contributed by atoms with Crippen LogP contribution in [0.5, 0.6) is 0 Å². The molecule has 2 saturated carbocycles. The summed E-state index contributed by atoms with van der Waals surface area (Å²) in [6, 6.07) is 0. The highest BCUT2D eigenvalue weighted by atomic mass is 16.9. The highest BCUT2D eigenvalue weighted by Crippen LogP contribution is 2.73. The molecule has 10 nitrogen and oxygen atoms in total. The van der Waals surface area contributed by atoms with Crippen molar-refractivity contribution < 1.29 is 48.6 Å². The molecule has 6 aliphatic rings. The van der Waals surface area contributed by atoms with E-state index in [1.807, 2.05) is 19.1 Å². The van der Waals surface area contributed by atoms with Gasteiger partial charge in [0.2, 0.25) is 0 Å². The number of carbonyl (C=O) groups excluding carboxylic acids is 2. The van der Waals surface area contributed by atoms with Gasteiger partial charge in [0, 0.05) is 30.8 Å². The van der Waals surface area contributed by atoms with Gasteiger partial charge >= 0.3 is 11.9 Å². The minimum atomic E-state index is -2.39. The quantitative estimate of drug-likeness (QED) is 0.168. The standard InChI is InChI=1S/C32H40O10/c1-7-8-9-10-11-12-13-14-29-40-26-22-25-28(16-33,39-25)27(36)30(37)21(15-18(4)23(30)35)32(22,42-29)19(5)24(38-20(6)34)31(26,41-29)17(2)3/h9-15,19,21-22,24-27,33,36-37H,2,7-8,16H2,1,3-6H3/t19-,21-,22+,24-,25+,26-,27-,28+,29-,30-,31-,32+/m1/s1. The Labute approximate surface area is 245 Å². The number of unbranched alkanes of at least 4 members (excludes halogenated alkanes) is 1. The Bertz CT molecular complexity index is 1330. The molecule has 3 heterocycles. The molecule has 0 amide bonds. The minimum Gasteiger partial charge on any atom is -0.459 e. The van der Waals surface area contributed by atoms with Crippen molar-refractivity contribution in [2.45, 2.75) is 100 Å². The first-order valence-corrected chi connectivity index (χ1v) is 14.7. The van der Waals surface area contributed by atoms with E-state index in [0.717, 1.165) is 12.8 Å². The largest absolute Gasteiger partial charge is 0.459 e. The molecule has 12 atom stereocenters. The third-order valence-electron chi connectivity index (χ3n) is 10.3. The van der Waals surface area contributed by atoms with E-state index in [1.54, 1.807) is 38.2 Å². The Hall–Kier alpha value is -2.44. The number of aliphatic hydroxyl groups is 3. The summed E-state index contributed by atoms with van der Waals surface area (Å²) in [4.78, 5) is 26.2. The first-order valence-electron chi connectivity index (χ1n) is 14.7. The van der Waals surface area contributed by atoms with Crippen LogP contribution in [0.15, 0.2) is 60.3 Å². The van der Waals surface area contributed by atoms with E-state index in [4.69, 9.17) is 23.7 Å². The molecule has 0 aromatic rings. The van der Waals surface area contributed by atoms with Crippen LogP contribution in [-0.2, 0) is 33.3 Å². The highest BCUT2D eigenvalue weighted by molar-refractivity contribution is 6.05. The Morgan fingerprint density at radius 3 is 2.50 bits per heavy atom. The number of hydrogen-bond donors (Lipinski definition) is 3. The monoisotopic (exact) mass is 584 g/mol. The lowest BCUT2D eigenvalue weighted by Crippen LogP contribution is -2.76. The lowest BCUT2D eigenvalue weighted by molar-refractivity contribution is -0.407. The highest BCUT2D eigenvalue weighted by Gasteiger charge is 2.90. The van der Waals surface area contributed by atoms with Crippen molar-refractivity contribution >= 4 is 11.8 Å². The summed E-state index contributed by atoms with van der Waals surface area (Å²) in [5, 5.41) is 34.4. The third kappa shape index (κ3) is 3.45. The second-order valence-electron chi connectivity index (χ2n) is 12.6. The Morgan fingerprint density at radius 2 is 1.86 bits per heavy atom. The van der Waals surface area contributed by atoms with E-state index < -0.39 is 88.9 Å². The molecule has 3 aliphatic carbocycles. The Kier molecular flexibility index (Phi) is 6.72. The molecule has 5 fully saturated rings. The molecular weight excluding hydrogens is 544 g/mol. The molecule has 0 spiro atoms. The lowest BCUT2D eigenvalue weighted by Gasteiger charge is -2.61. The van der Waals surface area contributed by atoms with E-state index in [9.17, 15) is 24.9 Å². The topological polar surface area (TPSA) is 144 Å². The molecule has 0 radical (unpaired) electrons. The first kappa shape index (κ1) is 29.6. The molecule has 3 saturated heterocycles. The summed E-state index contributed by atoms with van der Waals surface area (Å²) in [7, 11) is 0. The molecule has 228 valence electrons. The fourth-order valence-corrected chi connectivity index (χ4v) is 8.45. The van der Waals surface area contributed by atoms with E-state index in [1.165, 1.54) is 6.92 Å². The van der Waals surface area contributed by atoms with E-state index in [-0.39, 0.29) is 5.57 Å². The zero-order valence-electron chi connectivity index (χ0n) is 24.6. The van der Waals surface area contributed by atoms with Crippen LogP contribution in [0.2, 0.25) is 0 Å². The first-order chi connectivity index (χ1) is 19.8. The predicted molar refractivity (Wildman–Crippen MR) is 148 cm³/mol. The van der Waals surface area contributed by atoms with Gasteiger partial charge in [-0.2, -0.15) is 0 Å². The number of ether oxygens (including phenoxy) is 5. The molecule has 42 heavy (non-hydrogen) atoms. The van der Waals surface area contributed by atoms with E-state index in [2.05, 4.69) is 19.6 Å². The molecule has 0 unspecified atom stereocenters. The molecule has 0 aromatic carbocycles. The fraction of sp³-hybridized carbons (Fsp3) is 0.625. The van der Waals surface area contributed by atoms with Crippen molar-refractivity contribution in [3.63, 3.8) is 0 Å². The number of aliphatic hydroxyl groups excluding tert-OH is 2. The van der Waals surface area contributed by atoms with Gasteiger partial charge in [0.05, 0.1) is 12.2 Å². The second kappa shape index (κ2) is 9.53. The maximum atomic E-state index is 13.6. The number of esters is 1. The smallest absolute Gasteiger partial charge is 0.307 e. The van der Waals surface area contributed by atoms with Crippen molar-refractivity contribution in [1.82, 2.24) is 0 Å². The summed E-state index contributed by atoms with van der Waals surface area (Å²) >= 11 is 0. The number of hydrogen-bond acceptors (Lipinski definition) is 10. The van der Waals surface area contributed by atoms with Crippen molar-refractivity contribution in [2.24, 2.45) is 17.8 Å². The van der Waals surface area contributed by atoms with Gasteiger partial charge in [0.15, 0.2) is 17.0 Å². The zero-order chi connectivity index (χ0) is 30.5. The third-order valence-corrected chi connectivity index (χ3v) is 10.3. The number of epoxide rings is 1. The van der Waals surface area contributed by atoms with E-state index in [0.29, 0.717) is 5.57 Å². The van der Waals surface area contributed by atoms with Gasteiger partial charge in [0.1, 0.15) is 30.0 Å². The number of rotatable bonds is 8. The van der Waals surface area contributed by atoms with Gasteiger partial charge in [-0.25, -0.2) is 0 Å². The maximum Gasteiger partial charge on any atom is 0.307 e. The van der Waals surface area contributed by atoms with E-state index >= 15 is 0 Å². The van der Waals surface area contributed by atoms with Crippen molar-refractivity contribution in [3.8, 4) is 0 Å². The summed E-state index contributed by atoms with van der Waals surface area (Å²) < 4.78 is 32.3. The van der Waals surface area contributed by atoms with Crippen LogP contribution in [0, 0.1) is 17.8 Å². The molecular formula is C32H40O10. The van der Waals surface area contributed by atoms with Crippen molar-refractivity contribution in [2.75, 3.05) is 6.61 Å². The second-order valence-corrected chi connectivity index (χ2v) is 12.6. The molecule has 3 N–H and O–H groups in total. The van der Waals surface area contributed by atoms with Gasteiger partial charge in [-0.3, -0.25) is 9.59 Å². The summed E-state index contributed by atoms with van der Waals surface area (Å²) in [6.45, 7) is 12.1. The van der Waals surface area contributed by atoms with Crippen LogP contribution >= 0.6 is 0 Å². The van der Waals surface area contributed by atoms with Crippen LogP contribution in [-0.4, -0.2) is 86.5 Å². The van der Waals surface area contributed by atoms with Gasteiger partial charge in [-0.1, -0.05) is 63.3 Å². The predicted octanol–water partition coefficient (Wildman–Crippen LogP) is 2.19. The Morgan fingerprint density at radius 1 is 1.14 bits per heavy atom. The number of Topliss-reactive ketones (excluding diaryl/α,β-unsaturated/α-hetero) is 1. The fourth-order valence-electron chi connectivity index (χ4n) is 8.45. The normalized spacial score (nSPS) is 50.1. The molecule has 0 aromatic heterocycles. The number of carbonyl (C=O) groups is 2. The maximum absolute atomic E-state index is 13.6. The molecule has 3 bridgehead atoms. The summed E-state index contributed by atoms with van der Waals surface area (Å²) in [5.41, 5.74) is -6.19. The van der Waals surface area contributed by atoms with Crippen molar-refractivity contribution in [3.05, 3.63) is 60.3 Å². The Balaban J connectivity index is 1.57. The SMILES string of the molecule is C=C(C)[C@]12O[C@@]3(C=CC=CC=CCCC)O[C@@H]1[C@@H]1[C@@H]4O[C@]4(CO)[C@@H](O)[C@]4(O)C(=O)C(C)=C[C@H]4[C@@]1(O3)[C@H](C)[C@H]2OC(C)=O. The van der Waals surface area contributed by atoms with Crippen LogP contribution < -0.4 is 0 Å². The summed E-state index contributed by atoms with van der Waals surface area (Å²) in [5.74, 6) is -5.65. The number of fused-ring (bicyclic) bond motifs is 3. The van der Waals surface area contributed by atoms with Crippen LogP contribution in [0.1, 0.15) is 47.5 Å². The average molecular weight is 585 g/mol. The molecule has 3 aliphatic heterocycles. The number of ketones is 1. The van der Waals surface area contributed by atoms with Crippen LogP contribution in [0.25, 0.3) is 0 Å². The molecule has 10 heteroatoms. The van der Waals surface area contributed by atoms with Gasteiger partial charge in [0.25, 0.3) is 0 Å². The van der Waals surface area contributed by atoms with Crippen LogP contribution in [0.3, 0.4) is 0 Å². The number of allylic oxidation sites excluding steroid dienone is 5. The summed E-state index contributed by atoms with van der Waals surface area (Å²) in [6.07, 6.45) is 10.0. The lowest BCUT2D eigenvalue weighted by atomic mass is 9.53. The van der Waals surface area contributed by atoms with Gasteiger partial charge in [-0.15, -0.1) is 0 Å². The van der Waals surface area contributed by atoms with Gasteiger partial charge in [-0.05, 0) is 31.4 Å². The van der Waals surface area contributed by atoms with Crippen LogP contribution in [0.4, 0.5) is 0 Å². The average Bonchev–Trinajstić information content (AvgIpc) is 3.57. The van der Waals surface area contributed by atoms with Gasteiger partial charge < -0.3 is 39.0 Å².